The fourth-order valence-corrected chi connectivity index (χ4v) is 2.32. The number of benzene rings is 1. The Hall–Kier alpha value is -1.58. The Morgan fingerprint density at radius 2 is 1.70 bits per heavy atom. The van der Waals surface area contributed by atoms with E-state index in [1.807, 2.05) is 32.0 Å². The molecule has 0 radical (unpaired) electrons. The quantitative estimate of drug-likeness (QED) is 0.776. The van der Waals surface area contributed by atoms with Crippen molar-refractivity contribution in [2.45, 2.75) is 13.8 Å². The van der Waals surface area contributed by atoms with Gasteiger partial charge in [0.2, 0.25) is 0 Å². The molecule has 0 N–H and O–H groups in total. The van der Waals surface area contributed by atoms with E-state index >= 15 is 0 Å². The third-order valence-corrected chi connectivity index (χ3v) is 3.43. The van der Waals surface area contributed by atoms with Gasteiger partial charge in [-0.25, -0.2) is 4.98 Å². The summed E-state index contributed by atoms with van der Waals surface area (Å²) in [6, 6.07) is 9.04. The molecule has 20 heavy (non-hydrogen) atoms. The van der Waals surface area contributed by atoms with E-state index in [-0.39, 0.29) is 21.8 Å². The molecule has 0 saturated heterocycles. The zero-order chi connectivity index (χ0) is 14.9. The largest absolute Gasteiger partial charge is 0.310 e. The summed E-state index contributed by atoms with van der Waals surface area (Å²) in [7, 11) is 1.69. The van der Waals surface area contributed by atoms with Crippen LogP contribution in [0.4, 0.5) is 5.69 Å². The first-order valence-electron chi connectivity index (χ1n) is 6.07. The summed E-state index contributed by atoms with van der Waals surface area (Å²) < 4.78 is 0. The SMILES string of the molecule is Cc1cc(C)cc(N(C)C(=O)c2nc(Cl)ccc2Cl)c1. The van der Waals surface area contributed by atoms with E-state index in [0.29, 0.717) is 0 Å². The number of carbonyl (C=O) groups is 1. The molecule has 0 spiro atoms. The number of halogens is 2. The first-order valence-corrected chi connectivity index (χ1v) is 6.82. The van der Waals surface area contributed by atoms with Gasteiger partial charge in [0.1, 0.15) is 10.8 Å². The Kier molecular flexibility index (Phi) is 4.31. The van der Waals surface area contributed by atoms with Crippen molar-refractivity contribution in [1.82, 2.24) is 4.98 Å². The number of nitrogens with zero attached hydrogens (tertiary/aromatic N) is 2. The number of hydrogen-bond acceptors (Lipinski definition) is 2. The maximum atomic E-state index is 12.5. The number of rotatable bonds is 2. The summed E-state index contributed by atoms with van der Waals surface area (Å²) in [5.41, 5.74) is 3.13. The lowest BCUT2D eigenvalue weighted by molar-refractivity contribution is 0.0988. The van der Waals surface area contributed by atoms with Crippen LogP contribution >= 0.6 is 23.2 Å². The zero-order valence-electron chi connectivity index (χ0n) is 11.4. The van der Waals surface area contributed by atoms with Gasteiger partial charge >= 0.3 is 0 Å². The number of aromatic nitrogens is 1. The van der Waals surface area contributed by atoms with Crippen molar-refractivity contribution in [3.63, 3.8) is 0 Å². The molecule has 1 aromatic carbocycles. The van der Waals surface area contributed by atoms with Crippen LogP contribution in [0.25, 0.3) is 0 Å². The second-order valence-corrected chi connectivity index (χ2v) is 5.47. The van der Waals surface area contributed by atoms with E-state index in [2.05, 4.69) is 4.98 Å². The minimum Gasteiger partial charge on any atom is -0.310 e. The summed E-state index contributed by atoms with van der Waals surface area (Å²) in [5.74, 6) is -0.289. The summed E-state index contributed by atoms with van der Waals surface area (Å²) >= 11 is 11.8. The minimum atomic E-state index is -0.289. The molecule has 0 saturated carbocycles. The smallest absolute Gasteiger partial charge is 0.278 e. The Labute approximate surface area is 128 Å². The lowest BCUT2D eigenvalue weighted by atomic mass is 10.1. The monoisotopic (exact) mass is 308 g/mol. The third-order valence-electron chi connectivity index (χ3n) is 2.91. The van der Waals surface area contributed by atoms with Crippen LogP contribution in [0.2, 0.25) is 10.2 Å². The van der Waals surface area contributed by atoms with Crippen molar-refractivity contribution in [2.24, 2.45) is 0 Å². The lowest BCUT2D eigenvalue weighted by Crippen LogP contribution is -2.27. The van der Waals surface area contributed by atoms with E-state index in [1.54, 1.807) is 19.2 Å². The molecule has 2 rings (SSSR count). The molecule has 104 valence electrons. The van der Waals surface area contributed by atoms with Crippen molar-refractivity contribution in [2.75, 3.05) is 11.9 Å². The molecule has 5 heteroatoms. The molecule has 1 heterocycles. The van der Waals surface area contributed by atoms with E-state index < -0.39 is 0 Å². The number of aryl methyl sites for hydroxylation is 2. The number of carbonyl (C=O) groups excluding carboxylic acids is 1. The normalized spacial score (nSPS) is 10.4. The summed E-state index contributed by atoms with van der Waals surface area (Å²) in [6.45, 7) is 3.97. The van der Waals surface area contributed by atoms with Crippen molar-refractivity contribution in [3.05, 3.63) is 57.3 Å². The molecule has 1 aromatic heterocycles. The molecular formula is C15H14Cl2N2O. The van der Waals surface area contributed by atoms with Crippen molar-refractivity contribution in [1.29, 1.82) is 0 Å². The molecular weight excluding hydrogens is 295 g/mol. The van der Waals surface area contributed by atoms with Crippen LogP contribution in [-0.4, -0.2) is 17.9 Å². The molecule has 0 unspecified atom stereocenters. The molecule has 1 amide bonds. The van der Waals surface area contributed by atoms with Crippen LogP contribution in [0.3, 0.4) is 0 Å². The molecule has 0 aliphatic rings. The Morgan fingerprint density at radius 3 is 2.30 bits per heavy atom. The van der Waals surface area contributed by atoms with Crippen LogP contribution in [0.15, 0.2) is 30.3 Å². The number of hydrogen-bond donors (Lipinski definition) is 0. The van der Waals surface area contributed by atoms with Gasteiger partial charge in [0.05, 0.1) is 5.02 Å². The van der Waals surface area contributed by atoms with Crippen molar-refractivity contribution >= 4 is 34.8 Å². The van der Waals surface area contributed by atoms with Gasteiger partial charge < -0.3 is 4.90 Å². The zero-order valence-corrected chi connectivity index (χ0v) is 13.0. The standard InChI is InChI=1S/C15H14Cl2N2O/c1-9-6-10(2)8-11(7-9)19(3)15(20)14-12(16)4-5-13(17)18-14/h4-8H,1-3H3. The lowest BCUT2D eigenvalue weighted by Gasteiger charge is -2.18. The van der Waals surface area contributed by atoms with Crippen LogP contribution < -0.4 is 4.90 Å². The first-order chi connectivity index (χ1) is 9.38. The van der Waals surface area contributed by atoms with Crippen LogP contribution in [0.1, 0.15) is 21.6 Å². The second-order valence-electron chi connectivity index (χ2n) is 4.67. The first kappa shape index (κ1) is 14.8. The Bertz CT molecular complexity index is 651. The van der Waals surface area contributed by atoms with Gasteiger partial charge in [0.15, 0.2) is 0 Å². The molecule has 2 aromatic rings. The van der Waals surface area contributed by atoms with Gasteiger partial charge in [0.25, 0.3) is 5.91 Å². The average Bonchev–Trinajstić information content (AvgIpc) is 2.38. The van der Waals surface area contributed by atoms with Gasteiger partial charge in [-0.3, -0.25) is 4.79 Å². The molecule has 0 aliphatic heterocycles. The fraction of sp³-hybridized carbons (Fsp3) is 0.200. The fourth-order valence-electron chi connectivity index (χ4n) is 1.99. The molecule has 0 atom stereocenters. The predicted molar refractivity (Wildman–Crippen MR) is 82.9 cm³/mol. The maximum absolute atomic E-state index is 12.5. The van der Waals surface area contributed by atoms with Crippen molar-refractivity contribution < 1.29 is 4.79 Å². The summed E-state index contributed by atoms with van der Waals surface area (Å²) in [6.07, 6.45) is 0. The van der Waals surface area contributed by atoms with Crippen molar-refractivity contribution in [3.8, 4) is 0 Å². The molecule has 0 bridgehead atoms. The van der Waals surface area contributed by atoms with Gasteiger partial charge in [-0.1, -0.05) is 29.3 Å². The van der Waals surface area contributed by atoms with Gasteiger partial charge in [0, 0.05) is 12.7 Å². The van der Waals surface area contributed by atoms with E-state index in [0.717, 1.165) is 16.8 Å². The summed E-state index contributed by atoms with van der Waals surface area (Å²) in [5, 5.41) is 0.530. The minimum absolute atomic E-state index is 0.154. The van der Waals surface area contributed by atoms with Gasteiger partial charge in [-0.2, -0.15) is 0 Å². The highest BCUT2D eigenvalue weighted by Crippen LogP contribution is 2.23. The van der Waals surface area contributed by atoms with E-state index in [9.17, 15) is 4.79 Å². The van der Waals surface area contributed by atoms with Crippen LogP contribution in [0.5, 0.6) is 0 Å². The highest BCUT2D eigenvalue weighted by atomic mass is 35.5. The maximum Gasteiger partial charge on any atom is 0.278 e. The Morgan fingerprint density at radius 1 is 1.10 bits per heavy atom. The Balaban J connectivity index is 2.39. The highest BCUT2D eigenvalue weighted by Gasteiger charge is 2.19. The topological polar surface area (TPSA) is 33.2 Å². The second kappa shape index (κ2) is 5.81. The van der Waals surface area contributed by atoms with Crippen LogP contribution in [0, 0.1) is 13.8 Å². The van der Waals surface area contributed by atoms with E-state index in [4.69, 9.17) is 23.2 Å². The van der Waals surface area contributed by atoms with Crippen LogP contribution in [-0.2, 0) is 0 Å². The molecule has 0 fully saturated rings. The predicted octanol–water partition coefficient (Wildman–Crippen LogP) is 4.28. The number of amides is 1. The molecule has 3 nitrogen and oxygen atoms in total. The number of anilines is 1. The average molecular weight is 309 g/mol. The van der Waals surface area contributed by atoms with Gasteiger partial charge in [-0.05, 0) is 49.2 Å². The van der Waals surface area contributed by atoms with Gasteiger partial charge in [-0.15, -0.1) is 0 Å². The number of pyridine rings is 1. The third kappa shape index (κ3) is 3.11. The highest BCUT2D eigenvalue weighted by molar-refractivity contribution is 6.35. The van der Waals surface area contributed by atoms with E-state index in [1.165, 1.54) is 4.90 Å². The molecule has 0 aliphatic carbocycles. The summed E-state index contributed by atoms with van der Waals surface area (Å²) in [4.78, 5) is 18.0.